The van der Waals surface area contributed by atoms with E-state index in [9.17, 15) is 0 Å². The van der Waals surface area contributed by atoms with Crippen molar-refractivity contribution in [1.82, 2.24) is 9.97 Å². The van der Waals surface area contributed by atoms with E-state index in [0.717, 1.165) is 28.6 Å². The summed E-state index contributed by atoms with van der Waals surface area (Å²) in [6, 6.07) is 9.98. The smallest absolute Gasteiger partial charge is 0.135 e. The molecule has 0 bridgehead atoms. The van der Waals surface area contributed by atoms with Crippen LogP contribution in [-0.4, -0.2) is 24.1 Å². The van der Waals surface area contributed by atoms with Gasteiger partial charge in [0.1, 0.15) is 17.4 Å². The molecule has 0 aliphatic carbocycles. The minimum atomic E-state index is -0.00986. The molecule has 0 aliphatic rings. The molecule has 0 fully saturated rings. The summed E-state index contributed by atoms with van der Waals surface area (Å²) in [5.74, 6) is 2.52. The van der Waals surface area contributed by atoms with E-state index in [1.807, 2.05) is 37.4 Å². The predicted molar refractivity (Wildman–Crippen MR) is 86.1 cm³/mol. The zero-order valence-electron chi connectivity index (χ0n) is 13.4. The first kappa shape index (κ1) is 15.3. The highest BCUT2D eigenvalue weighted by Crippen LogP contribution is 2.24. The number of para-hydroxylation sites is 1. The lowest BCUT2D eigenvalue weighted by atomic mass is 9.92. The lowest BCUT2D eigenvalue weighted by Crippen LogP contribution is -2.16. The predicted octanol–water partition coefficient (Wildman–Crippen LogP) is 3.42. The fourth-order valence-electron chi connectivity index (χ4n) is 2.11. The number of ether oxygens (including phenoxy) is 1. The van der Waals surface area contributed by atoms with E-state index in [1.54, 1.807) is 7.11 Å². The molecule has 0 atom stereocenters. The average Bonchev–Trinajstić information content (AvgIpc) is 2.46. The molecule has 0 amide bonds. The molecule has 0 saturated heterocycles. The van der Waals surface area contributed by atoms with E-state index in [-0.39, 0.29) is 5.41 Å². The molecule has 4 heteroatoms. The van der Waals surface area contributed by atoms with Crippen LogP contribution in [0.2, 0.25) is 0 Å². The highest BCUT2D eigenvalue weighted by Gasteiger charge is 2.18. The Balaban J connectivity index is 2.39. The topological polar surface area (TPSA) is 47.0 Å². The van der Waals surface area contributed by atoms with Gasteiger partial charge in [0.2, 0.25) is 0 Å². The molecule has 0 saturated carbocycles. The van der Waals surface area contributed by atoms with E-state index < -0.39 is 0 Å². The van der Waals surface area contributed by atoms with E-state index in [2.05, 4.69) is 31.1 Å². The number of aromatic nitrogens is 2. The molecule has 0 radical (unpaired) electrons. The lowest BCUT2D eigenvalue weighted by Gasteiger charge is -2.19. The Kier molecular flexibility index (Phi) is 4.46. The van der Waals surface area contributed by atoms with Crippen LogP contribution in [0.5, 0.6) is 5.75 Å². The second-order valence-electron chi connectivity index (χ2n) is 6.04. The molecule has 2 rings (SSSR count). The van der Waals surface area contributed by atoms with Gasteiger partial charge in [0, 0.05) is 30.5 Å². The van der Waals surface area contributed by atoms with Crippen LogP contribution in [0.1, 0.15) is 37.9 Å². The molecule has 0 aliphatic heterocycles. The number of nitrogens with one attached hydrogen (secondary N) is 1. The molecule has 1 heterocycles. The number of hydrogen-bond acceptors (Lipinski definition) is 4. The summed E-state index contributed by atoms with van der Waals surface area (Å²) in [7, 11) is 3.56. The van der Waals surface area contributed by atoms with Gasteiger partial charge in [-0.3, -0.25) is 0 Å². The van der Waals surface area contributed by atoms with Gasteiger partial charge < -0.3 is 10.1 Å². The van der Waals surface area contributed by atoms with E-state index >= 15 is 0 Å². The lowest BCUT2D eigenvalue weighted by molar-refractivity contribution is 0.410. The fourth-order valence-corrected chi connectivity index (χ4v) is 2.11. The molecular formula is C17H23N3O. The molecule has 4 nitrogen and oxygen atoms in total. The van der Waals surface area contributed by atoms with Crippen molar-refractivity contribution in [2.24, 2.45) is 0 Å². The first-order chi connectivity index (χ1) is 9.94. The normalized spacial score (nSPS) is 11.3. The van der Waals surface area contributed by atoms with Crippen molar-refractivity contribution in [3.8, 4) is 5.75 Å². The maximum atomic E-state index is 5.40. The summed E-state index contributed by atoms with van der Waals surface area (Å²) >= 11 is 0. The number of anilines is 1. The third-order valence-electron chi connectivity index (χ3n) is 3.34. The van der Waals surface area contributed by atoms with E-state index in [1.165, 1.54) is 0 Å². The van der Waals surface area contributed by atoms with Gasteiger partial charge >= 0.3 is 0 Å². The average molecular weight is 285 g/mol. The number of benzene rings is 1. The summed E-state index contributed by atoms with van der Waals surface area (Å²) < 4.78 is 5.40. The maximum Gasteiger partial charge on any atom is 0.135 e. The summed E-state index contributed by atoms with van der Waals surface area (Å²) in [6.45, 7) is 6.46. The highest BCUT2D eigenvalue weighted by molar-refractivity contribution is 5.40. The maximum absolute atomic E-state index is 5.40. The van der Waals surface area contributed by atoms with Gasteiger partial charge in [-0.05, 0) is 6.07 Å². The van der Waals surface area contributed by atoms with Crippen molar-refractivity contribution < 1.29 is 4.74 Å². The summed E-state index contributed by atoms with van der Waals surface area (Å²) in [5, 5.41) is 3.11. The summed E-state index contributed by atoms with van der Waals surface area (Å²) in [6.07, 6.45) is 0.655. The number of rotatable bonds is 4. The van der Waals surface area contributed by atoms with Gasteiger partial charge in [0.15, 0.2) is 0 Å². The van der Waals surface area contributed by atoms with Crippen molar-refractivity contribution in [3.05, 3.63) is 47.4 Å². The Morgan fingerprint density at radius 3 is 2.48 bits per heavy atom. The second kappa shape index (κ2) is 6.12. The van der Waals surface area contributed by atoms with Crippen LogP contribution in [0.25, 0.3) is 0 Å². The van der Waals surface area contributed by atoms with Crippen molar-refractivity contribution in [2.75, 3.05) is 19.5 Å². The summed E-state index contributed by atoms with van der Waals surface area (Å²) in [4.78, 5) is 9.27. The molecule has 112 valence electrons. The standard InChI is InChI=1S/C17H23N3O/c1-17(2,3)14-11-15(18-4)20-16(19-14)10-12-8-6-7-9-13(12)21-5/h6-9,11H,10H2,1-5H3,(H,18,19,20). The molecule has 1 aromatic carbocycles. The zero-order chi connectivity index (χ0) is 15.5. The van der Waals surface area contributed by atoms with Gasteiger partial charge in [-0.15, -0.1) is 0 Å². The minimum Gasteiger partial charge on any atom is -0.496 e. The Morgan fingerprint density at radius 1 is 1.14 bits per heavy atom. The van der Waals surface area contributed by atoms with Crippen molar-refractivity contribution in [1.29, 1.82) is 0 Å². The van der Waals surface area contributed by atoms with Gasteiger partial charge in [-0.1, -0.05) is 39.0 Å². The Bertz CT molecular complexity index is 618. The van der Waals surface area contributed by atoms with Crippen molar-refractivity contribution in [2.45, 2.75) is 32.6 Å². The molecule has 21 heavy (non-hydrogen) atoms. The quantitative estimate of drug-likeness (QED) is 0.935. The minimum absolute atomic E-state index is 0.00986. The first-order valence-corrected chi connectivity index (χ1v) is 7.12. The Hall–Kier alpha value is -2.10. The van der Waals surface area contributed by atoms with Crippen LogP contribution >= 0.6 is 0 Å². The van der Waals surface area contributed by atoms with Crippen molar-refractivity contribution >= 4 is 5.82 Å². The number of methoxy groups -OCH3 is 1. The molecule has 0 unspecified atom stereocenters. The molecule has 0 spiro atoms. The first-order valence-electron chi connectivity index (χ1n) is 7.12. The van der Waals surface area contributed by atoms with E-state index in [4.69, 9.17) is 9.72 Å². The molecule has 1 aromatic heterocycles. The number of nitrogens with zero attached hydrogens (tertiary/aromatic N) is 2. The second-order valence-corrected chi connectivity index (χ2v) is 6.04. The van der Waals surface area contributed by atoms with Gasteiger partial charge in [-0.2, -0.15) is 0 Å². The van der Waals surface area contributed by atoms with Crippen LogP contribution in [0.15, 0.2) is 30.3 Å². The number of hydrogen-bond donors (Lipinski definition) is 1. The van der Waals surface area contributed by atoms with E-state index in [0.29, 0.717) is 6.42 Å². The van der Waals surface area contributed by atoms with Gasteiger partial charge in [0.25, 0.3) is 0 Å². The van der Waals surface area contributed by atoms with Crippen LogP contribution < -0.4 is 10.1 Å². The van der Waals surface area contributed by atoms with Crippen LogP contribution in [-0.2, 0) is 11.8 Å². The van der Waals surface area contributed by atoms with Crippen molar-refractivity contribution in [3.63, 3.8) is 0 Å². The molecule has 1 N–H and O–H groups in total. The molecule has 2 aromatic rings. The Morgan fingerprint density at radius 2 is 1.86 bits per heavy atom. The largest absolute Gasteiger partial charge is 0.496 e. The van der Waals surface area contributed by atoms with Gasteiger partial charge in [-0.25, -0.2) is 9.97 Å². The molecular weight excluding hydrogens is 262 g/mol. The van der Waals surface area contributed by atoms with Gasteiger partial charge in [0.05, 0.1) is 12.8 Å². The third kappa shape index (κ3) is 3.72. The zero-order valence-corrected chi connectivity index (χ0v) is 13.4. The van der Waals surface area contributed by atoms with Crippen LogP contribution in [0.3, 0.4) is 0 Å². The monoisotopic (exact) mass is 285 g/mol. The highest BCUT2D eigenvalue weighted by atomic mass is 16.5. The van der Waals surface area contributed by atoms with Crippen LogP contribution in [0.4, 0.5) is 5.82 Å². The fraction of sp³-hybridized carbons (Fsp3) is 0.412. The third-order valence-corrected chi connectivity index (χ3v) is 3.34. The van der Waals surface area contributed by atoms with Crippen LogP contribution in [0, 0.1) is 0 Å². The summed E-state index contributed by atoms with van der Waals surface area (Å²) in [5.41, 5.74) is 2.12. The SMILES string of the molecule is CNc1cc(C(C)(C)C)nc(Cc2ccccc2OC)n1. The Labute approximate surface area is 126 Å².